The highest BCUT2D eigenvalue weighted by Crippen LogP contribution is 2.21. The lowest BCUT2D eigenvalue weighted by Gasteiger charge is -2.15. The Balaban J connectivity index is 1.79. The highest BCUT2D eigenvalue weighted by atomic mass is 32.2. The minimum Gasteiger partial charge on any atom is -0.376 e. The average Bonchev–Trinajstić information content (AvgIpc) is 3.26. The van der Waals surface area contributed by atoms with Gasteiger partial charge in [-0.2, -0.15) is 0 Å². The summed E-state index contributed by atoms with van der Waals surface area (Å²) in [6.07, 6.45) is 1.81. The highest BCUT2D eigenvalue weighted by Gasteiger charge is 2.24. The number of ether oxygens (including phenoxy) is 1. The molecule has 1 saturated heterocycles. The van der Waals surface area contributed by atoms with Gasteiger partial charge in [0.2, 0.25) is 10.0 Å². The normalized spacial score (nSPS) is 16.3. The number of carbonyl (C=O) groups is 2. The number of halogens is 1. The molecule has 1 unspecified atom stereocenters. The zero-order chi connectivity index (χ0) is 22.6. The number of nitrogens with zero attached hydrogens (tertiary/aromatic N) is 1. The minimum atomic E-state index is -4.07. The molecule has 10 heteroatoms. The van der Waals surface area contributed by atoms with Crippen molar-refractivity contribution in [3.63, 3.8) is 0 Å². The lowest BCUT2D eigenvalue weighted by molar-refractivity contribution is 0.0858. The molecule has 1 aliphatic rings. The summed E-state index contributed by atoms with van der Waals surface area (Å²) in [4.78, 5) is 24.7. The summed E-state index contributed by atoms with van der Waals surface area (Å²) in [6.45, 7) is 1.04. The maximum atomic E-state index is 14.1. The Bertz CT molecular complexity index is 1080. The van der Waals surface area contributed by atoms with E-state index in [4.69, 9.17) is 4.74 Å². The first-order valence-corrected chi connectivity index (χ1v) is 11.2. The van der Waals surface area contributed by atoms with E-state index in [2.05, 4.69) is 10.6 Å². The number of para-hydroxylation sites is 1. The van der Waals surface area contributed by atoms with Gasteiger partial charge in [-0.3, -0.25) is 9.59 Å². The summed E-state index contributed by atoms with van der Waals surface area (Å²) in [5.41, 5.74) is 0.437. The van der Waals surface area contributed by atoms with Crippen molar-refractivity contribution in [2.75, 3.05) is 32.6 Å². The van der Waals surface area contributed by atoms with Gasteiger partial charge in [-0.25, -0.2) is 17.1 Å². The SMILES string of the molecule is CN(C)S(=O)(=O)c1cc(C(=O)Nc2ccccc2C(=O)NCC2CCCO2)ccc1F. The second-order valence-electron chi connectivity index (χ2n) is 7.28. The molecular formula is C21H24FN3O5S. The van der Waals surface area contributed by atoms with Gasteiger partial charge >= 0.3 is 0 Å². The molecule has 0 bridgehead atoms. The predicted octanol–water partition coefficient (Wildman–Crippen LogP) is 2.24. The molecule has 2 amide bonds. The number of sulfonamides is 1. The maximum Gasteiger partial charge on any atom is 0.255 e. The van der Waals surface area contributed by atoms with Crippen LogP contribution in [0.4, 0.5) is 10.1 Å². The van der Waals surface area contributed by atoms with Gasteiger partial charge in [0.25, 0.3) is 11.8 Å². The van der Waals surface area contributed by atoms with Crippen molar-refractivity contribution in [2.45, 2.75) is 23.8 Å². The quantitative estimate of drug-likeness (QED) is 0.675. The van der Waals surface area contributed by atoms with E-state index in [9.17, 15) is 22.4 Å². The van der Waals surface area contributed by atoms with Crippen LogP contribution in [0.25, 0.3) is 0 Å². The molecule has 8 nitrogen and oxygen atoms in total. The van der Waals surface area contributed by atoms with E-state index in [1.165, 1.54) is 20.2 Å². The van der Waals surface area contributed by atoms with Crippen LogP contribution in [-0.4, -0.2) is 57.9 Å². The molecule has 0 aromatic heterocycles. The smallest absolute Gasteiger partial charge is 0.255 e. The van der Waals surface area contributed by atoms with Crippen molar-refractivity contribution < 1.29 is 27.1 Å². The van der Waals surface area contributed by atoms with Crippen LogP contribution in [0, 0.1) is 5.82 Å². The van der Waals surface area contributed by atoms with Gasteiger partial charge in [0, 0.05) is 32.8 Å². The Morgan fingerprint density at radius 3 is 2.58 bits per heavy atom. The van der Waals surface area contributed by atoms with Gasteiger partial charge in [0.15, 0.2) is 0 Å². The largest absolute Gasteiger partial charge is 0.376 e. The number of hydrogen-bond donors (Lipinski definition) is 2. The van der Waals surface area contributed by atoms with Gasteiger partial charge in [-0.15, -0.1) is 0 Å². The van der Waals surface area contributed by atoms with Crippen molar-refractivity contribution in [3.05, 3.63) is 59.4 Å². The Kier molecular flexibility index (Phi) is 7.04. The number of nitrogens with one attached hydrogen (secondary N) is 2. The second kappa shape index (κ2) is 9.54. The van der Waals surface area contributed by atoms with Gasteiger partial charge in [-0.1, -0.05) is 12.1 Å². The molecule has 2 N–H and O–H groups in total. The summed E-state index contributed by atoms with van der Waals surface area (Å²) in [7, 11) is -1.53. The monoisotopic (exact) mass is 449 g/mol. The first-order valence-electron chi connectivity index (χ1n) is 9.72. The summed E-state index contributed by atoms with van der Waals surface area (Å²) in [6, 6.07) is 9.51. The summed E-state index contributed by atoms with van der Waals surface area (Å²) < 4.78 is 45.1. The van der Waals surface area contributed by atoms with Crippen LogP contribution in [0.2, 0.25) is 0 Å². The topological polar surface area (TPSA) is 105 Å². The zero-order valence-corrected chi connectivity index (χ0v) is 18.0. The number of rotatable bonds is 7. The van der Waals surface area contributed by atoms with E-state index in [0.29, 0.717) is 13.2 Å². The minimum absolute atomic E-state index is 0.0259. The van der Waals surface area contributed by atoms with Gasteiger partial charge in [-0.05, 0) is 43.2 Å². The molecule has 0 spiro atoms. The Labute approximate surface area is 180 Å². The fourth-order valence-electron chi connectivity index (χ4n) is 3.13. The van der Waals surface area contributed by atoms with Gasteiger partial charge in [0.05, 0.1) is 17.4 Å². The molecule has 1 atom stereocenters. The molecule has 3 rings (SSSR count). The lowest BCUT2D eigenvalue weighted by Crippen LogP contribution is -2.32. The molecule has 0 saturated carbocycles. The van der Waals surface area contributed by atoms with E-state index >= 15 is 0 Å². The van der Waals surface area contributed by atoms with Gasteiger partial charge < -0.3 is 15.4 Å². The van der Waals surface area contributed by atoms with Crippen LogP contribution in [-0.2, 0) is 14.8 Å². The highest BCUT2D eigenvalue weighted by molar-refractivity contribution is 7.89. The molecule has 1 heterocycles. The summed E-state index contributed by atoms with van der Waals surface area (Å²) in [5.74, 6) is -2.00. The molecule has 0 aliphatic carbocycles. The average molecular weight is 450 g/mol. The van der Waals surface area contributed by atoms with Crippen molar-refractivity contribution >= 4 is 27.5 Å². The van der Waals surface area contributed by atoms with Crippen molar-refractivity contribution in [1.82, 2.24) is 9.62 Å². The molecule has 1 aliphatic heterocycles. The lowest BCUT2D eigenvalue weighted by atomic mass is 10.1. The summed E-state index contributed by atoms with van der Waals surface area (Å²) >= 11 is 0. The molecule has 2 aromatic carbocycles. The first-order chi connectivity index (χ1) is 14.7. The third-order valence-corrected chi connectivity index (χ3v) is 6.72. The number of carbonyl (C=O) groups excluding carboxylic acids is 2. The Morgan fingerprint density at radius 1 is 1.16 bits per heavy atom. The molecule has 166 valence electrons. The Hall–Kier alpha value is -2.82. The third kappa shape index (κ3) is 5.27. The fraction of sp³-hybridized carbons (Fsp3) is 0.333. The summed E-state index contributed by atoms with van der Waals surface area (Å²) in [5, 5.41) is 5.39. The molecular weight excluding hydrogens is 425 g/mol. The van der Waals surface area contributed by atoms with Crippen LogP contribution in [0.1, 0.15) is 33.6 Å². The van der Waals surface area contributed by atoms with Crippen molar-refractivity contribution in [2.24, 2.45) is 0 Å². The van der Waals surface area contributed by atoms with Crippen LogP contribution in [0.5, 0.6) is 0 Å². The number of hydrogen-bond acceptors (Lipinski definition) is 5. The van der Waals surface area contributed by atoms with Crippen LogP contribution < -0.4 is 10.6 Å². The van der Waals surface area contributed by atoms with E-state index in [1.807, 2.05) is 0 Å². The number of amides is 2. The standard InChI is InChI=1S/C21H24FN3O5S/c1-25(2)31(28,29)19-12-14(9-10-17(19)22)20(26)24-18-8-4-3-7-16(18)21(27)23-13-15-6-5-11-30-15/h3-4,7-10,12,15H,5-6,11,13H2,1-2H3,(H,23,27)(H,24,26). The van der Waals surface area contributed by atoms with E-state index in [1.54, 1.807) is 24.3 Å². The second-order valence-corrected chi connectivity index (χ2v) is 9.40. The first kappa shape index (κ1) is 22.9. The molecule has 31 heavy (non-hydrogen) atoms. The van der Waals surface area contributed by atoms with E-state index < -0.39 is 26.6 Å². The number of benzene rings is 2. The molecule has 0 radical (unpaired) electrons. The Morgan fingerprint density at radius 2 is 1.90 bits per heavy atom. The van der Waals surface area contributed by atoms with Gasteiger partial charge in [0.1, 0.15) is 10.7 Å². The fourth-order valence-corrected chi connectivity index (χ4v) is 4.11. The van der Waals surface area contributed by atoms with E-state index in [0.717, 1.165) is 29.3 Å². The molecule has 1 fully saturated rings. The third-order valence-electron chi connectivity index (χ3n) is 4.89. The predicted molar refractivity (Wildman–Crippen MR) is 113 cm³/mol. The van der Waals surface area contributed by atoms with Crippen LogP contribution in [0.15, 0.2) is 47.4 Å². The number of anilines is 1. The zero-order valence-electron chi connectivity index (χ0n) is 17.2. The van der Waals surface area contributed by atoms with E-state index in [-0.39, 0.29) is 28.8 Å². The van der Waals surface area contributed by atoms with Crippen LogP contribution in [0.3, 0.4) is 0 Å². The van der Waals surface area contributed by atoms with Crippen molar-refractivity contribution in [3.8, 4) is 0 Å². The van der Waals surface area contributed by atoms with Crippen LogP contribution >= 0.6 is 0 Å². The molecule has 2 aromatic rings. The van der Waals surface area contributed by atoms with Crippen molar-refractivity contribution in [1.29, 1.82) is 0 Å². The maximum absolute atomic E-state index is 14.1.